The number of nitrogens with zero attached hydrogens (tertiary/aromatic N) is 1. The first-order valence-electron chi connectivity index (χ1n) is 6.45. The standard InChI is InChI=1S/C14H19FN2O3/c1-5-6-13(18)16-11-8-10(15)12(17(19)20)7-9(11)14(2,3)4/h7-8H,5-6H2,1-4H3,(H,16,18). The van der Waals surface area contributed by atoms with Crippen molar-refractivity contribution in [2.24, 2.45) is 0 Å². The van der Waals surface area contributed by atoms with E-state index in [1.54, 1.807) is 0 Å². The Hall–Kier alpha value is -1.98. The first-order chi connectivity index (χ1) is 9.16. The molecule has 5 nitrogen and oxygen atoms in total. The van der Waals surface area contributed by atoms with Crippen LogP contribution in [0.2, 0.25) is 0 Å². The number of anilines is 1. The van der Waals surface area contributed by atoms with Crippen molar-refractivity contribution >= 4 is 17.3 Å². The zero-order chi connectivity index (χ0) is 15.5. The lowest BCUT2D eigenvalue weighted by molar-refractivity contribution is -0.387. The van der Waals surface area contributed by atoms with Gasteiger partial charge in [-0.15, -0.1) is 0 Å². The Morgan fingerprint density at radius 2 is 2.00 bits per heavy atom. The van der Waals surface area contributed by atoms with E-state index >= 15 is 0 Å². The van der Waals surface area contributed by atoms with E-state index in [0.29, 0.717) is 24.1 Å². The third-order valence-electron chi connectivity index (χ3n) is 2.84. The van der Waals surface area contributed by atoms with Crippen LogP contribution in [-0.4, -0.2) is 10.8 Å². The van der Waals surface area contributed by atoms with Crippen LogP contribution in [0.15, 0.2) is 12.1 Å². The highest BCUT2D eigenvalue weighted by molar-refractivity contribution is 5.92. The van der Waals surface area contributed by atoms with E-state index in [4.69, 9.17) is 0 Å². The average Bonchev–Trinajstić information content (AvgIpc) is 2.26. The lowest BCUT2D eigenvalue weighted by atomic mass is 9.85. The number of nitrogens with one attached hydrogen (secondary N) is 1. The van der Waals surface area contributed by atoms with Crippen LogP contribution in [0.5, 0.6) is 0 Å². The zero-order valence-electron chi connectivity index (χ0n) is 12.1. The summed E-state index contributed by atoms with van der Waals surface area (Å²) >= 11 is 0. The summed E-state index contributed by atoms with van der Waals surface area (Å²) in [5.74, 6) is -1.18. The van der Waals surface area contributed by atoms with Gasteiger partial charge < -0.3 is 5.32 Å². The number of nitro benzene ring substituents is 1. The van der Waals surface area contributed by atoms with Crippen molar-refractivity contribution in [1.29, 1.82) is 0 Å². The maximum atomic E-state index is 13.7. The number of hydrogen-bond donors (Lipinski definition) is 1. The van der Waals surface area contributed by atoms with Gasteiger partial charge in [-0.3, -0.25) is 14.9 Å². The molecule has 20 heavy (non-hydrogen) atoms. The molecule has 0 aromatic heterocycles. The maximum Gasteiger partial charge on any atom is 0.305 e. The molecule has 0 saturated heterocycles. The molecule has 0 aliphatic carbocycles. The van der Waals surface area contributed by atoms with Crippen molar-refractivity contribution in [3.63, 3.8) is 0 Å². The van der Waals surface area contributed by atoms with Gasteiger partial charge in [-0.2, -0.15) is 4.39 Å². The predicted molar refractivity (Wildman–Crippen MR) is 75.3 cm³/mol. The summed E-state index contributed by atoms with van der Waals surface area (Å²) in [6.45, 7) is 7.40. The van der Waals surface area contributed by atoms with Crippen molar-refractivity contribution in [1.82, 2.24) is 0 Å². The minimum absolute atomic E-state index is 0.230. The van der Waals surface area contributed by atoms with Gasteiger partial charge in [0.25, 0.3) is 0 Å². The van der Waals surface area contributed by atoms with Crippen LogP contribution < -0.4 is 5.32 Å². The van der Waals surface area contributed by atoms with Gasteiger partial charge in [0.05, 0.1) is 4.92 Å². The molecule has 1 N–H and O–H groups in total. The molecule has 1 amide bonds. The molecule has 0 bridgehead atoms. The Morgan fingerprint density at radius 3 is 2.45 bits per heavy atom. The van der Waals surface area contributed by atoms with E-state index in [2.05, 4.69) is 5.32 Å². The van der Waals surface area contributed by atoms with Crippen LogP contribution in [0.4, 0.5) is 15.8 Å². The van der Waals surface area contributed by atoms with Crippen LogP contribution in [0.25, 0.3) is 0 Å². The monoisotopic (exact) mass is 282 g/mol. The number of halogens is 1. The fourth-order valence-corrected chi connectivity index (χ4v) is 1.87. The molecule has 0 heterocycles. The third-order valence-corrected chi connectivity index (χ3v) is 2.84. The van der Waals surface area contributed by atoms with Gasteiger partial charge in [-0.05, 0) is 17.4 Å². The molecule has 1 rings (SSSR count). The van der Waals surface area contributed by atoms with Crippen LogP contribution in [0.1, 0.15) is 46.1 Å². The summed E-state index contributed by atoms with van der Waals surface area (Å²) < 4.78 is 13.7. The molecular formula is C14H19FN2O3. The fraction of sp³-hybridized carbons (Fsp3) is 0.500. The first-order valence-corrected chi connectivity index (χ1v) is 6.45. The molecule has 1 aromatic carbocycles. The molecule has 0 spiro atoms. The van der Waals surface area contributed by atoms with Gasteiger partial charge >= 0.3 is 5.69 Å². The molecule has 110 valence electrons. The summed E-state index contributed by atoms with van der Waals surface area (Å²) in [6.07, 6.45) is 0.994. The van der Waals surface area contributed by atoms with E-state index in [-0.39, 0.29) is 5.91 Å². The molecular weight excluding hydrogens is 263 g/mol. The Morgan fingerprint density at radius 1 is 1.40 bits per heavy atom. The minimum Gasteiger partial charge on any atom is -0.326 e. The second kappa shape index (κ2) is 5.98. The van der Waals surface area contributed by atoms with E-state index in [1.807, 2.05) is 27.7 Å². The molecule has 0 atom stereocenters. The zero-order valence-corrected chi connectivity index (χ0v) is 12.1. The predicted octanol–water partition coefficient (Wildman–Crippen LogP) is 3.77. The van der Waals surface area contributed by atoms with Gasteiger partial charge in [-0.1, -0.05) is 27.7 Å². The lowest BCUT2D eigenvalue weighted by Gasteiger charge is -2.23. The number of nitro groups is 1. The summed E-state index contributed by atoms with van der Waals surface area (Å²) in [5, 5.41) is 13.4. The fourth-order valence-electron chi connectivity index (χ4n) is 1.87. The van der Waals surface area contributed by atoms with Gasteiger partial charge in [0.15, 0.2) is 0 Å². The number of hydrogen-bond acceptors (Lipinski definition) is 3. The van der Waals surface area contributed by atoms with Crippen LogP contribution in [-0.2, 0) is 10.2 Å². The highest BCUT2D eigenvalue weighted by Gasteiger charge is 2.25. The minimum atomic E-state index is -0.949. The molecule has 0 fully saturated rings. The lowest BCUT2D eigenvalue weighted by Crippen LogP contribution is -2.19. The number of carbonyl (C=O) groups excluding carboxylic acids is 1. The number of rotatable bonds is 4. The first kappa shape index (κ1) is 16.1. The van der Waals surface area contributed by atoms with Crippen LogP contribution in [0.3, 0.4) is 0 Å². The Labute approximate surface area is 117 Å². The van der Waals surface area contributed by atoms with Crippen molar-refractivity contribution in [3.8, 4) is 0 Å². The molecule has 0 saturated carbocycles. The van der Waals surface area contributed by atoms with Gasteiger partial charge in [0.2, 0.25) is 11.7 Å². The quantitative estimate of drug-likeness (QED) is 0.675. The van der Waals surface area contributed by atoms with E-state index in [1.165, 1.54) is 6.07 Å². The highest BCUT2D eigenvalue weighted by atomic mass is 19.1. The van der Waals surface area contributed by atoms with Gasteiger partial charge in [0.1, 0.15) is 0 Å². The third kappa shape index (κ3) is 3.76. The average molecular weight is 282 g/mol. The molecule has 0 aliphatic rings. The Kier molecular flexibility index (Phi) is 4.81. The summed E-state index contributed by atoms with van der Waals surface area (Å²) in [4.78, 5) is 21.7. The van der Waals surface area contributed by atoms with Crippen LogP contribution >= 0.6 is 0 Å². The number of benzene rings is 1. The molecule has 6 heteroatoms. The van der Waals surface area contributed by atoms with Crippen LogP contribution in [0, 0.1) is 15.9 Å². The summed E-state index contributed by atoms with van der Waals surface area (Å²) in [7, 11) is 0. The Bertz CT molecular complexity index is 536. The smallest absolute Gasteiger partial charge is 0.305 e. The van der Waals surface area contributed by atoms with E-state index in [0.717, 1.165) is 6.07 Å². The van der Waals surface area contributed by atoms with E-state index < -0.39 is 21.8 Å². The van der Waals surface area contributed by atoms with Crippen molar-refractivity contribution in [2.45, 2.75) is 46.0 Å². The van der Waals surface area contributed by atoms with E-state index in [9.17, 15) is 19.3 Å². The molecule has 0 unspecified atom stereocenters. The number of amides is 1. The topological polar surface area (TPSA) is 72.2 Å². The molecule has 1 aromatic rings. The molecule has 0 radical (unpaired) electrons. The van der Waals surface area contributed by atoms with Gasteiger partial charge in [0, 0.05) is 24.2 Å². The van der Waals surface area contributed by atoms with Crippen molar-refractivity contribution in [2.75, 3.05) is 5.32 Å². The molecule has 0 aliphatic heterocycles. The van der Waals surface area contributed by atoms with Crippen molar-refractivity contribution in [3.05, 3.63) is 33.6 Å². The van der Waals surface area contributed by atoms with Gasteiger partial charge in [-0.25, -0.2) is 0 Å². The van der Waals surface area contributed by atoms with Crippen molar-refractivity contribution < 1.29 is 14.1 Å². The highest BCUT2D eigenvalue weighted by Crippen LogP contribution is 2.34. The SMILES string of the molecule is CCCC(=O)Nc1cc(F)c([N+](=O)[O-])cc1C(C)(C)C. The number of carbonyl (C=O) groups is 1. The second-order valence-electron chi connectivity index (χ2n) is 5.65. The maximum absolute atomic E-state index is 13.7. The Balaban J connectivity index is 3.32. The second-order valence-corrected chi connectivity index (χ2v) is 5.65. The summed E-state index contributed by atoms with van der Waals surface area (Å²) in [6, 6.07) is 2.21. The summed E-state index contributed by atoms with van der Waals surface area (Å²) in [5.41, 5.74) is -0.203. The largest absolute Gasteiger partial charge is 0.326 e. The normalized spacial score (nSPS) is 11.2.